The molecule has 1 saturated heterocycles. The van der Waals surface area contributed by atoms with Gasteiger partial charge in [0.15, 0.2) is 0 Å². The van der Waals surface area contributed by atoms with E-state index >= 15 is 0 Å². The van der Waals surface area contributed by atoms with Crippen molar-refractivity contribution in [2.24, 2.45) is 5.14 Å². The van der Waals surface area contributed by atoms with E-state index in [0.29, 0.717) is 13.1 Å². The van der Waals surface area contributed by atoms with E-state index in [1.165, 1.54) is 6.92 Å². The summed E-state index contributed by atoms with van der Waals surface area (Å²) in [6, 6.07) is 2.08. The first-order valence-electron chi connectivity index (χ1n) is 6.43. The predicted molar refractivity (Wildman–Crippen MR) is 72.3 cm³/mol. The zero-order valence-electron chi connectivity index (χ0n) is 11.2. The Morgan fingerprint density at radius 1 is 1.25 bits per heavy atom. The summed E-state index contributed by atoms with van der Waals surface area (Å²) in [4.78, 5) is 13.6. The molecule has 20 heavy (non-hydrogen) atoms. The molecule has 2 rings (SSSR count). The second kappa shape index (κ2) is 5.49. The highest BCUT2D eigenvalue weighted by atomic mass is 32.2. The predicted octanol–water partition coefficient (Wildman–Crippen LogP) is 1.41. The van der Waals surface area contributed by atoms with Gasteiger partial charge in [0, 0.05) is 13.1 Å². The van der Waals surface area contributed by atoms with E-state index in [-0.39, 0.29) is 16.0 Å². The van der Waals surface area contributed by atoms with Crippen LogP contribution in [0, 0.1) is 12.7 Å². The van der Waals surface area contributed by atoms with Crippen LogP contribution in [0.5, 0.6) is 0 Å². The molecule has 0 unspecified atom stereocenters. The molecule has 1 aliphatic heterocycles. The molecule has 0 aromatic heterocycles. The lowest BCUT2D eigenvalue weighted by molar-refractivity contribution is 0.0719. The quantitative estimate of drug-likeness (QED) is 0.896. The van der Waals surface area contributed by atoms with Crippen molar-refractivity contribution in [3.05, 3.63) is 29.1 Å². The molecule has 1 aliphatic rings. The average molecular weight is 300 g/mol. The van der Waals surface area contributed by atoms with Crippen LogP contribution >= 0.6 is 0 Å². The molecule has 1 aromatic rings. The number of nitrogens with two attached hydrogens (primary N) is 1. The highest BCUT2D eigenvalue weighted by Gasteiger charge is 2.24. The molecule has 5 nitrogen and oxygen atoms in total. The zero-order valence-corrected chi connectivity index (χ0v) is 12.0. The Morgan fingerprint density at radius 2 is 1.85 bits per heavy atom. The summed E-state index contributed by atoms with van der Waals surface area (Å²) in [6.45, 7) is 2.58. The van der Waals surface area contributed by atoms with Crippen LogP contribution in [0.2, 0.25) is 0 Å². The number of likely N-dealkylation sites (tertiary alicyclic amines) is 1. The van der Waals surface area contributed by atoms with Crippen LogP contribution in [0.15, 0.2) is 17.0 Å². The minimum Gasteiger partial charge on any atom is -0.339 e. The Labute approximate surface area is 117 Å². The van der Waals surface area contributed by atoms with Gasteiger partial charge in [0.1, 0.15) is 5.82 Å². The highest BCUT2D eigenvalue weighted by Crippen LogP contribution is 2.21. The third-order valence-electron chi connectivity index (χ3n) is 3.44. The van der Waals surface area contributed by atoms with Gasteiger partial charge in [0.05, 0.1) is 10.5 Å². The van der Waals surface area contributed by atoms with Crippen LogP contribution in [0.25, 0.3) is 0 Å². The number of hydrogen-bond donors (Lipinski definition) is 1. The fourth-order valence-corrected chi connectivity index (χ4v) is 3.18. The van der Waals surface area contributed by atoms with Gasteiger partial charge in [0.25, 0.3) is 5.91 Å². The number of carbonyl (C=O) groups is 1. The van der Waals surface area contributed by atoms with E-state index in [4.69, 9.17) is 5.14 Å². The first kappa shape index (κ1) is 14.9. The first-order valence-corrected chi connectivity index (χ1v) is 7.97. The van der Waals surface area contributed by atoms with E-state index in [2.05, 4.69) is 0 Å². The average Bonchev–Trinajstić information content (AvgIpc) is 2.37. The molecule has 7 heteroatoms. The normalized spacial score (nSPS) is 16.2. The van der Waals surface area contributed by atoms with Gasteiger partial charge in [-0.25, -0.2) is 17.9 Å². The number of halogens is 1. The molecule has 110 valence electrons. The Hall–Kier alpha value is -1.47. The Kier molecular flexibility index (Phi) is 4.10. The molecule has 0 aliphatic carbocycles. The van der Waals surface area contributed by atoms with Gasteiger partial charge in [0.2, 0.25) is 10.0 Å². The second-order valence-corrected chi connectivity index (χ2v) is 6.53. The fraction of sp³-hybridized carbons (Fsp3) is 0.462. The maximum Gasteiger partial charge on any atom is 0.256 e. The van der Waals surface area contributed by atoms with Crippen LogP contribution in [-0.4, -0.2) is 32.3 Å². The molecule has 1 amide bonds. The number of primary sulfonamides is 1. The summed E-state index contributed by atoms with van der Waals surface area (Å²) in [5, 5.41) is 5.08. The van der Waals surface area contributed by atoms with Crippen LogP contribution in [0.3, 0.4) is 0 Å². The summed E-state index contributed by atoms with van der Waals surface area (Å²) in [5.41, 5.74) is -0.0401. The minimum absolute atomic E-state index is 0.195. The fourth-order valence-electron chi connectivity index (χ4n) is 2.39. The SMILES string of the molecule is Cc1cc(F)c(C(=O)N2CCCCC2)cc1S(N)(=O)=O. The van der Waals surface area contributed by atoms with Crippen LogP contribution in [0.1, 0.15) is 35.2 Å². The molecule has 2 N–H and O–H groups in total. The highest BCUT2D eigenvalue weighted by molar-refractivity contribution is 7.89. The molecule has 1 fully saturated rings. The minimum atomic E-state index is -3.97. The molecule has 0 saturated carbocycles. The summed E-state index contributed by atoms with van der Waals surface area (Å²) in [6.07, 6.45) is 2.80. The van der Waals surface area contributed by atoms with E-state index in [0.717, 1.165) is 31.4 Å². The van der Waals surface area contributed by atoms with Crippen LogP contribution < -0.4 is 5.14 Å². The van der Waals surface area contributed by atoms with Gasteiger partial charge in [-0.1, -0.05) is 0 Å². The van der Waals surface area contributed by atoms with Crippen molar-refractivity contribution in [3.63, 3.8) is 0 Å². The number of piperidine rings is 1. The number of rotatable bonds is 2. The van der Waals surface area contributed by atoms with Gasteiger partial charge >= 0.3 is 0 Å². The van der Waals surface area contributed by atoms with Crippen molar-refractivity contribution in [1.29, 1.82) is 0 Å². The largest absolute Gasteiger partial charge is 0.339 e. The molecule has 0 radical (unpaired) electrons. The number of carbonyl (C=O) groups excluding carboxylic acids is 1. The van der Waals surface area contributed by atoms with Gasteiger partial charge in [-0.3, -0.25) is 4.79 Å². The van der Waals surface area contributed by atoms with Gasteiger partial charge in [-0.2, -0.15) is 0 Å². The number of benzene rings is 1. The lowest BCUT2D eigenvalue weighted by atomic mass is 10.1. The van der Waals surface area contributed by atoms with Gasteiger partial charge in [-0.15, -0.1) is 0 Å². The molecular formula is C13H17FN2O3S. The van der Waals surface area contributed by atoms with Crippen molar-refractivity contribution < 1.29 is 17.6 Å². The van der Waals surface area contributed by atoms with Gasteiger partial charge < -0.3 is 4.90 Å². The summed E-state index contributed by atoms with van der Waals surface area (Å²) < 4.78 is 36.8. The van der Waals surface area contributed by atoms with E-state index < -0.39 is 21.7 Å². The topological polar surface area (TPSA) is 80.5 Å². The number of hydrogen-bond acceptors (Lipinski definition) is 3. The van der Waals surface area contributed by atoms with E-state index in [1.807, 2.05) is 0 Å². The molecule has 0 bridgehead atoms. The molecule has 1 heterocycles. The summed E-state index contributed by atoms with van der Waals surface area (Å²) >= 11 is 0. The molecular weight excluding hydrogens is 283 g/mol. The molecule has 0 spiro atoms. The maximum absolute atomic E-state index is 13.9. The van der Waals surface area contributed by atoms with Crippen molar-refractivity contribution in [2.45, 2.75) is 31.1 Å². The van der Waals surface area contributed by atoms with Crippen molar-refractivity contribution in [3.8, 4) is 0 Å². The van der Waals surface area contributed by atoms with Crippen LogP contribution in [-0.2, 0) is 10.0 Å². The second-order valence-electron chi connectivity index (χ2n) is 5.00. The number of sulfonamides is 1. The number of amides is 1. The smallest absolute Gasteiger partial charge is 0.256 e. The van der Waals surface area contributed by atoms with Crippen molar-refractivity contribution >= 4 is 15.9 Å². The molecule has 0 atom stereocenters. The third kappa shape index (κ3) is 2.99. The number of nitrogens with zero attached hydrogens (tertiary/aromatic N) is 1. The maximum atomic E-state index is 13.9. The Balaban J connectivity index is 2.43. The lowest BCUT2D eigenvalue weighted by Gasteiger charge is -2.27. The first-order chi connectivity index (χ1) is 9.30. The monoisotopic (exact) mass is 300 g/mol. The van der Waals surface area contributed by atoms with Crippen LogP contribution in [0.4, 0.5) is 4.39 Å². The number of aryl methyl sites for hydroxylation is 1. The third-order valence-corrected chi connectivity index (χ3v) is 4.50. The summed E-state index contributed by atoms with van der Waals surface area (Å²) in [7, 11) is -3.97. The van der Waals surface area contributed by atoms with E-state index in [1.54, 1.807) is 4.90 Å². The summed E-state index contributed by atoms with van der Waals surface area (Å²) in [5.74, 6) is -1.20. The van der Waals surface area contributed by atoms with Crippen molar-refractivity contribution in [1.82, 2.24) is 4.90 Å². The van der Waals surface area contributed by atoms with E-state index in [9.17, 15) is 17.6 Å². The standard InChI is InChI=1S/C13H17FN2O3S/c1-9-7-11(14)10(8-12(9)20(15,18)19)13(17)16-5-3-2-4-6-16/h7-8H,2-6H2,1H3,(H2,15,18,19). The Bertz CT molecular complexity index is 637. The Morgan fingerprint density at radius 3 is 2.40 bits per heavy atom. The van der Waals surface area contributed by atoms with Crippen molar-refractivity contribution in [2.75, 3.05) is 13.1 Å². The zero-order chi connectivity index (χ0) is 14.9. The lowest BCUT2D eigenvalue weighted by Crippen LogP contribution is -2.36. The van der Waals surface area contributed by atoms with Gasteiger partial charge in [-0.05, 0) is 43.9 Å². The molecule has 1 aromatic carbocycles.